The molecule has 0 saturated heterocycles. The lowest BCUT2D eigenvalue weighted by Crippen LogP contribution is -2.15. The predicted octanol–water partition coefficient (Wildman–Crippen LogP) is 3.20. The van der Waals surface area contributed by atoms with Crippen LogP contribution in [-0.2, 0) is 21.2 Å². The molecule has 3 aromatic rings. The van der Waals surface area contributed by atoms with Crippen LogP contribution in [0.4, 0.5) is 10.3 Å². The molecule has 7 nitrogen and oxygen atoms in total. The quantitative estimate of drug-likeness (QED) is 0.652. The Morgan fingerprint density at radius 3 is 2.50 bits per heavy atom. The molecular weight excluding hydrogens is 392 g/mol. The Bertz CT molecular complexity index is 1010. The largest absolute Gasteiger partial charge is 0.302 e. The zero-order chi connectivity index (χ0) is 18.7. The topological polar surface area (TPSA) is 101 Å². The monoisotopic (exact) mass is 408 g/mol. The third-order valence-electron chi connectivity index (χ3n) is 3.44. The first-order valence-electron chi connectivity index (χ1n) is 7.59. The van der Waals surface area contributed by atoms with Gasteiger partial charge in [0.25, 0.3) is 10.0 Å². The molecule has 1 aromatic carbocycles. The van der Waals surface area contributed by atoms with Gasteiger partial charge in [0.05, 0.1) is 22.7 Å². The molecule has 3 rings (SSSR count). The van der Waals surface area contributed by atoms with E-state index in [9.17, 15) is 13.2 Å². The number of carbonyl (C=O) groups is 1. The molecule has 0 unspecified atom stereocenters. The number of thiazole rings is 2. The van der Waals surface area contributed by atoms with Gasteiger partial charge >= 0.3 is 0 Å². The number of aryl methyl sites for hydroxylation is 2. The van der Waals surface area contributed by atoms with E-state index in [4.69, 9.17) is 0 Å². The maximum Gasteiger partial charge on any atom is 0.263 e. The van der Waals surface area contributed by atoms with Gasteiger partial charge in [0.2, 0.25) is 5.91 Å². The van der Waals surface area contributed by atoms with Gasteiger partial charge in [-0.15, -0.1) is 22.7 Å². The van der Waals surface area contributed by atoms with Crippen molar-refractivity contribution in [3.05, 3.63) is 52.0 Å². The molecule has 0 bridgehead atoms. The summed E-state index contributed by atoms with van der Waals surface area (Å²) in [6.45, 7) is 3.82. The summed E-state index contributed by atoms with van der Waals surface area (Å²) < 4.78 is 27.0. The van der Waals surface area contributed by atoms with E-state index >= 15 is 0 Å². The smallest absolute Gasteiger partial charge is 0.263 e. The summed E-state index contributed by atoms with van der Waals surface area (Å²) in [4.78, 5) is 21.7. The highest BCUT2D eigenvalue weighted by molar-refractivity contribution is 7.93. The zero-order valence-corrected chi connectivity index (χ0v) is 16.5. The van der Waals surface area contributed by atoms with Crippen LogP contribution in [-0.4, -0.2) is 24.3 Å². The molecule has 0 atom stereocenters. The summed E-state index contributed by atoms with van der Waals surface area (Å²) >= 11 is 2.54. The maximum atomic E-state index is 12.3. The fourth-order valence-electron chi connectivity index (χ4n) is 2.06. The van der Waals surface area contributed by atoms with Crippen LogP contribution in [0.2, 0.25) is 0 Å². The third kappa shape index (κ3) is 4.45. The molecule has 0 aliphatic rings. The molecule has 0 fully saturated rings. The van der Waals surface area contributed by atoms with Crippen LogP contribution in [0.3, 0.4) is 0 Å². The van der Waals surface area contributed by atoms with Crippen LogP contribution >= 0.6 is 22.7 Å². The van der Waals surface area contributed by atoms with Crippen molar-refractivity contribution in [3.8, 4) is 0 Å². The van der Waals surface area contributed by atoms with E-state index in [0.29, 0.717) is 10.8 Å². The lowest BCUT2D eigenvalue weighted by molar-refractivity contribution is -0.115. The number of anilines is 2. The van der Waals surface area contributed by atoms with Gasteiger partial charge in [-0.3, -0.25) is 9.52 Å². The molecule has 10 heteroatoms. The van der Waals surface area contributed by atoms with Crippen LogP contribution in [0.25, 0.3) is 0 Å². The Labute approximate surface area is 159 Å². The number of nitrogens with zero attached hydrogens (tertiary/aromatic N) is 2. The van der Waals surface area contributed by atoms with Crippen LogP contribution in [0.5, 0.6) is 0 Å². The molecule has 136 valence electrons. The Morgan fingerprint density at radius 2 is 1.85 bits per heavy atom. The van der Waals surface area contributed by atoms with Crippen LogP contribution in [0, 0.1) is 13.8 Å². The van der Waals surface area contributed by atoms with E-state index in [1.165, 1.54) is 23.5 Å². The average molecular weight is 409 g/mol. The normalized spacial score (nSPS) is 11.3. The standard InChI is InChI=1S/C16H16N4O3S3/c1-10-11(2)25-15(17-10)19-14(21)8-12-9-24-16(18-12)20-26(22,23)13-6-4-3-5-7-13/h3-7,9H,8H2,1-2H3,(H,18,20)(H,17,19,21). The van der Waals surface area contributed by atoms with Crippen molar-refractivity contribution >= 4 is 48.9 Å². The molecule has 0 aliphatic heterocycles. The summed E-state index contributed by atoms with van der Waals surface area (Å²) in [5, 5.41) is 5.15. The number of aromatic nitrogens is 2. The minimum atomic E-state index is -3.69. The summed E-state index contributed by atoms with van der Waals surface area (Å²) in [6, 6.07) is 8.04. The molecule has 0 saturated carbocycles. The first-order chi connectivity index (χ1) is 12.3. The van der Waals surface area contributed by atoms with Crippen molar-refractivity contribution in [1.29, 1.82) is 0 Å². The summed E-state index contributed by atoms with van der Waals surface area (Å²) in [5.41, 5.74) is 1.37. The van der Waals surface area contributed by atoms with Crippen molar-refractivity contribution in [2.75, 3.05) is 10.0 Å². The van der Waals surface area contributed by atoms with Gasteiger partial charge in [-0.25, -0.2) is 18.4 Å². The number of amides is 1. The van der Waals surface area contributed by atoms with Gasteiger partial charge in [-0.05, 0) is 26.0 Å². The lowest BCUT2D eigenvalue weighted by atomic mass is 10.3. The third-order valence-corrected chi connectivity index (χ3v) is 6.72. The Balaban J connectivity index is 1.63. The van der Waals surface area contributed by atoms with Crippen molar-refractivity contribution in [2.45, 2.75) is 25.2 Å². The number of sulfonamides is 1. The van der Waals surface area contributed by atoms with Gasteiger partial charge in [0, 0.05) is 10.3 Å². The van der Waals surface area contributed by atoms with Crippen LogP contribution < -0.4 is 10.0 Å². The predicted molar refractivity (Wildman–Crippen MR) is 103 cm³/mol. The minimum absolute atomic E-state index is 0.0429. The number of carbonyl (C=O) groups excluding carboxylic acids is 1. The summed E-state index contributed by atoms with van der Waals surface area (Å²) in [5.74, 6) is -0.249. The molecular formula is C16H16N4O3S3. The van der Waals surface area contributed by atoms with Gasteiger partial charge in [-0.2, -0.15) is 0 Å². The number of nitrogens with one attached hydrogen (secondary N) is 2. The van der Waals surface area contributed by atoms with Crippen LogP contribution in [0.1, 0.15) is 16.3 Å². The molecule has 1 amide bonds. The summed E-state index contributed by atoms with van der Waals surface area (Å²) in [6.07, 6.45) is 0.0429. The minimum Gasteiger partial charge on any atom is -0.302 e. The summed E-state index contributed by atoms with van der Waals surface area (Å²) in [7, 11) is -3.69. The molecule has 26 heavy (non-hydrogen) atoms. The van der Waals surface area contributed by atoms with Crippen molar-refractivity contribution in [3.63, 3.8) is 0 Å². The van der Waals surface area contributed by atoms with Crippen molar-refractivity contribution < 1.29 is 13.2 Å². The highest BCUT2D eigenvalue weighted by Gasteiger charge is 2.16. The first kappa shape index (κ1) is 18.5. The Kier molecular flexibility index (Phi) is 5.35. The van der Waals surface area contributed by atoms with E-state index < -0.39 is 10.0 Å². The number of benzene rings is 1. The van der Waals surface area contributed by atoms with E-state index in [2.05, 4.69) is 20.0 Å². The second-order valence-electron chi connectivity index (χ2n) is 5.45. The van der Waals surface area contributed by atoms with E-state index in [1.807, 2.05) is 13.8 Å². The molecule has 0 spiro atoms. The lowest BCUT2D eigenvalue weighted by Gasteiger charge is -2.04. The van der Waals surface area contributed by atoms with Crippen LogP contribution in [0.15, 0.2) is 40.6 Å². The Morgan fingerprint density at radius 1 is 1.12 bits per heavy atom. The zero-order valence-electron chi connectivity index (χ0n) is 14.0. The second-order valence-corrected chi connectivity index (χ2v) is 9.19. The van der Waals surface area contributed by atoms with Gasteiger partial charge in [0.1, 0.15) is 0 Å². The Hall–Kier alpha value is -2.30. The van der Waals surface area contributed by atoms with E-state index in [1.54, 1.807) is 23.6 Å². The van der Waals surface area contributed by atoms with E-state index in [0.717, 1.165) is 21.9 Å². The molecule has 2 N–H and O–H groups in total. The number of hydrogen-bond donors (Lipinski definition) is 2. The fraction of sp³-hybridized carbons (Fsp3) is 0.188. The number of hydrogen-bond acceptors (Lipinski definition) is 7. The van der Waals surface area contributed by atoms with Crippen molar-refractivity contribution in [1.82, 2.24) is 9.97 Å². The second kappa shape index (κ2) is 7.52. The maximum absolute atomic E-state index is 12.3. The highest BCUT2D eigenvalue weighted by Crippen LogP contribution is 2.23. The van der Waals surface area contributed by atoms with Gasteiger partial charge < -0.3 is 5.32 Å². The van der Waals surface area contributed by atoms with E-state index in [-0.39, 0.29) is 22.4 Å². The molecule has 2 aromatic heterocycles. The first-order valence-corrected chi connectivity index (χ1v) is 10.8. The SMILES string of the molecule is Cc1nc(NC(=O)Cc2csc(NS(=O)(=O)c3ccccc3)n2)sc1C. The molecule has 0 radical (unpaired) electrons. The van der Waals surface area contributed by atoms with Crippen molar-refractivity contribution in [2.24, 2.45) is 0 Å². The highest BCUT2D eigenvalue weighted by atomic mass is 32.2. The van der Waals surface area contributed by atoms with Gasteiger partial charge in [-0.1, -0.05) is 18.2 Å². The number of rotatable bonds is 6. The van der Waals surface area contributed by atoms with Gasteiger partial charge in [0.15, 0.2) is 10.3 Å². The average Bonchev–Trinajstić information content (AvgIpc) is 3.14. The molecule has 0 aliphatic carbocycles. The fourth-order valence-corrected chi connectivity index (χ4v) is 4.88. The molecule has 2 heterocycles.